The van der Waals surface area contributed by atoms with Crippen molar-refractivity contribution >= 4 is 25.6 Å². The fourth-order valence-electron chi connectivity index (χ4n) is 1.16. The van der Waals surface area contributed by atoms with Crippen LogP contribution in [0.25, 0.3) is 0 Å². The number of hydrogen-bond acceptors (Lipinski definition) is 2. The summed E-state index contributed by atoms with van der Waals surface area (Å²) in [5.41, 5.74) is 0. The van der Waals surface area contributed by atoms with Gasteiger partial charge in [0.05, 0.1) is 0 Å². The largest absolute Gasteiger partial charge is 0.348 e. The molecular weight excluding hydrogens is 196 g/mol. The number of rotatable bonds is 4. The average Bonchev–Trinajstić information content (AvgIpc) is 1.49. The molecule has 0 spiro atoms. The molecular formula is C7H23N2Si3. The summed E-state index contributed by atoms with van der Waals surface area (Å²) in [5, 5.41) is 0. The van der Waals surface area contributed by atoms with E-state index < -0.39 is 25.6 Å². The van der Waals surface area contributed by atoms with Crippen molar-refractivity contribution in [3.05, 3.63) is 0 Å². The minimum Gasteiger partial charge on any atom is -0.348 e. The van der Waals surface area contributed by atoms with Crippen LogP contribution in [0.2, 0.25) is 45.8 Å². The molecule has 1 radical (unpaired) electrons. The van der Waals surface area contributed by atoms with Gasteiger partial charge in [0, 0.05) is 0 Å². The summed E-state index contributed by atoms with van der Waals surface area (Å²) in [6.07, 6.45) is 0. The van der Waals surface area contributed by atoms with Crippen molar-refractivity contribution in [2.24, 2.45) is 0 Å². The molecule has 12 heavy (non-hydrogen) atoms. The van der Waals surface area contributed by atoms with Crippen LogP contribution in [0.5, 0.6) is 0 Å². The highest BCUT2D eigenvalue weighted by Gasteiger charge is 2.22. The third-order valence-electron chi connectivity index (χ3n) is 1.12. The van der Waals surface area contributed by atoms with Crippen LogP contribution in [0.1, 0.15) is 0 Å². The molecule has 0 fully saturated rings. The van der Waals surface area contributed by atoms with Gasteiger partial charge in [-0.1, -0.05) is 39.3 Å². The average molecular weight is 220 g/mol. The fraction of sp³-hybridized carbons (Fsp3) is 1.00. The van der Waals surface area contributed by atoms with Crippen LogP contribution in [0.15, 0.2) is 0 Å². The van der Waals surface area contributed by atoms with E-state index in [0.29, 0.717) is 0 Å². The van der Waals surface area contributed by atoms with Crippen molar-refractivity contribution in [2.75, 3.05) is 0 Å². The molecule has 0 aromatic heterocycles. The molecule has 5 heteroatoms. The molecule has 0 aromatic carbocycles. The summed E-state index contributed by atoms with van der Waals surface area (Å²) >= 11 is 0. The third-order valence-corrected chi connectivity index (χ3v) is 10.1. The normalized spacial score (nSPS) is 14.0. The van der Waals surface area contributed by atoms with Crippen LogP contribution in [-0.2, 0) is 0 Å². The van der Waals surface area contributed by atoms with Gasteiger partial charge < -0.3 is 9.30 Å². The predicted octanol–water partition coefficient (Wildman–Crippen LogP) is 1.95. The second-order valence-corrected chi connectivity index (χ2v) is 17.6. The molecule has 0 saturated heterocycles. The molecule has 0 aliphatic rings. The molecule has 0 saturated carbocycles. The van der Waals surface area contributed by atoms with E-state index in [-0.39, 0.29) is 0 Å². The van der Waals surface area contributed by atoms with E-state index in [4.69, 9.17) is 0 Å². The van der Waals surface area contributed by atoms with Crippen LogP contribution < -0.4 is 9.30 Å². The van der Waals surface area contributed by atoms with Crippen LogP contribution in [0, 0.1) is 0 Å². The first-order valence-corrected chi connectivity index (χ1v) is 13.5. The van der Waals surface area contributed by atoms with Gasteiger partial charge in [-0.05, 0) is 6.55 Å². The zero-order valence-corrected chi connectivity index (χ0v) is 12.5. The Morgan fingerprint density at radius 3 is 1.17 bits per heavy atom. The van der Waals surface area contributed by atoms with Crippen molar-refractivity contribution < 1.29 is 0 Å². The van der Waals surface area contributed by atoms with E-state index >= 15 is 0 Å². The maximum atomic E-state index is 3.74. The Balaban J connectivity index is 3.83. The Bertz CT molecular complexity index is 121. The lowest BCUT2D eigenvalue weighted by Crippen LogP contribution is -2.62. The van der Waals surface area contributed by atoms with Gasteiger partial charge in [0.25, 0.3) is 0 Å². The minimum atomic E-state index is -1.07. The van der Waals surface area contributed by atoms with Gasteiger partial charge in [0.2, 0.25) is 9.12 Å². The second kappa shape index (κ2) is 4.19. The molecule has 0 unspecified atom stereocenters. The fourth-order valence-corrected chi connectivity index (χ4v) is 11.0. The maximum absolute atomic E-state index is 3.74. The van der Waals surface area contributed by atoms with Gasteiger partial charge in [-0.15, -0.1) is 0 Å². The number of hydrogen-bond donors (Lipinski definition) is 2. The molecule has 2 N–H and O–H groups in total. The number of nitrogens with one attached hydrogen (secondary N) is 2. The van der Waals surface area contributed by atoms with Crippen LogP contribution >= 0.6 is 0 Å². The van der Waals surface area contributed by atoms with Gasteiger partial charge in [0.15, 0.2) is 0 Å². The molecule has 0 amide bonds. The standard InChI is InChI=1S/C7H23N2Si3/c1-10(8-11(2,3)4)9-12(5,6)7/h8-9H,1-7H3. The Labute approximate surface area is 81.1 Å². The first kappa shape index (κ1) is 12.6. The first-order chi connectivity index (χ1) is 5.10. The van der Waals surface area contributed by atoms with Gasteiger partial charge in [-0.3, -0.25) is 0 Å². The van der Waals surface area contributed by atoms with E-state index in [0.717, 1.165) is 0 Å². The Hall–Kier alpha value is 0.571. The van der Waals surface area contributed by atoms with Gasteiger partial charge in [-0.25, -0.2) is 0 Å². The Morgan fingerprint density at radius 1 is 0.750 bits per heavy atom. The zero-order valence-electron chi connectivity index (χ0n) is 9.50. The molecule has 0 bridgehead atoms. The quantitative estimate of drug-likeness (QED) is 0.707. The van der Waals surface area contributed by atoms with E-state index in [1.807, 2.05) is 0 Å². The Kier molecular flexibility index (Phi) is 4.39. The third kappa shape index (κ3) is 8.67. The lowest BCUT2D eigenvalue weighted by Gasteiger charge is -2.28. The molecule has 0 aliphatic carbocycles. The lowest BCUT2D eigenvalue weighted by molar-refractivity contribution is 1.24. The van der Waals surface area contributed by atoms with E-state index in [9.17, 15) is 0 Å². The van der Waals surface area contributed by atoms with E-state index in [1.54, 1.807) is 0 Å². The van der Waals surface area contributed by atoms with Crippen LogP contribution in [-0.4, -0.2) is 25.6 Å². The van der Waals surface area contributed by atoms with Gasteiger partial charge in [0.1, 0.15) is 16.5 Å². The summed E-state index contributed by atoms with van der Waals surface area (Å²) in [7, 11) is -2.61. The summed E-state index contributed by atoms with van der Waals surface area (Å²) in [5.74, 6) is 0. The molecule has 0 atom stereocenters. The van der Waals surface area contributed by atoms with E-state index in [1.165, 1.54) is 0 Å². The highest BCUT2D eigenvalue weighted by molar-refractivity contribution is 6.88. The van der Waals surface area contributed by atoms with Crippen molar-refractivity contribution in [2.45, 2.75) is 45.8 Å². The summed E-state index contributed by atoms with van der Waals surface area (Å²) in [6, 6.07) is 0. The van der Waals surface area contributed by atoms with Crippen molar-refractivity contribution in [3.8, 4) is 0 Å². The maximum Gasteiger partial charge on any atom is 0.206 e. The topological polar surface area (TPSA) is 24.1 Å². The molecule has 0 aliphatic heterocycles. The van der Waals surface area contributed by atoms with Crippen molar-refractivity contribution in [1.29, 1.82) is 0 Å². The Morgan fingerprint density at radius 2 is 1.00 bits per heavy atom. The molecule has 0 aromatic rings. The molecule has 0 heterocycles. The van der Waals surface area contributed by atoms with Gasteiger partial charge >= 0.3 is 0 Å². The SMILES string of the molecule is C[Si](N[Si](C)(C)C)N[Si](C)(C)C. The second-order valence-electron chi connectivity index (χ2n) is 5.38. The smallest absolute Gasteiger partial charge is 0.206 e. The zero-order chi connectivity index (χ0) is 9.99. The molecule has 73 valence electrons. The molecule has 2 nitrogen and oxygen atoms in total. The summed E-state index contributed by atoms with van der Waals surface area (Å²) in [4.78, 5) is 0. The minimum absolute atomic E-state index is 0.481. The summed E-state index contributed by atoms with van der Waals surface area (Å²) < 4.78 is 7.48. The molecule has 0 rings (SSSR count). The van der Waals surface area contributed by atoms with Crippen LogP contribution in [0.3, 0.4) is 0 Å². The highest BCUT2D eigenvalue weighted by Crippen LogP contribution is 1.98. The highest BCUT2D eigenvalue weighted by atomic mass is 28.4. The monoisotopic (exact) mass is 219 g/mol. The lowest BCUT2D eigenvalue weighted by atomic mass is 11.8. The van der Waals surface area contributed by atoms with Gasteiger partial charge in [-0.2, -0.15) is 0 Å². The van der Waals surface area contributed by atoms with Crippen LogP contribution in [0.4, 0.5) is 0 Å². The predicted molar refractivity (Wildman–Crippen MR) is 64.6 cm³/mol. The van der Waals surface area contributed by atoms with Crippen molar-refractivity contribution in [1.82, 2.24) is 9.30 Å². The summed E-state index contributed by atoms with van der Waals surface area (Å²) in [6.45, 7) is 16.4. The first-order valence-electron chi connectivity index (χ1n) is 4.50. The van der Waals surface area contributed by atoms with E-state index in [2.05, 4.69) is 55.1 Å². The van der Waals surface area contributed by atoms with Crippen molar-refractivity contribution in [3.63, 3.8) is 0 Å².